The number of aryl methyl sites for hydroxylation is 2. The molecular formula is C25H26FN3O5S. The summed E-state index contributed by atoms with van der Waals surface area (Å²) >= 11 is 0. The molecule has 8 nitrogen and oxygen atoms in total. The molecule has 0 spiro atoms. The molecule has 35 heavy (non-hydrogen) atoms. The first-order valence-electron chi connectivity index (χ1n) is 11.2. The summed E-state index contributed by atoms with van der Waals surface area (Å²) in [4.78, 5) is 26.9. The van der Waals surface area contributed by atoms with E-state index < -0.39 is 15.8 Å². The number of nitrogens with one attached hydrogen (secondary N) is 2. The summed E-state index contributed by atoms with van der Waals surface area (Å²) in [5, 5.41) is 2.95. The highest BCUT2D eigenvalue weighted by atomic mass is 32.2. The monoisotopic (exact) mass is 499 g/mol. The average Bonchev–Trinajstić information content (AvgIpc) is 3.27. The average molecular weight is 500 g/mol. The maximum atomic E-state index is 13.5. The van der Waals surface area contributed by atoms with Gasteiger partial charge in [-0.25, -0.2) is 12.8 Å². The third-order valence-electron chi connectivity index (χ3n) is 6.01. The number of nitrogens with zero attached hydrogens (tertiary/aromatic N) is 1. The lowest BCUT2D eigenvalue weighted by atomic mass is 10.0. The predicted octanol–water partition coefficient (Wildman–Crippen LogP) is 3.87. The van der Waals surface area contributed by atoms with Crippen LogP contribution in [0.2, 0.25) is 0 Å². The van der Waals surface area contributed by atoms with Crippen molar-refractivity contribution in [3.05, 3.63) is 83.1 Å². The van der Waals surface area contributed by atoms with Crippen molar-refractivity contribution in [2.75, 3.05) is 17.8 Å². The number of carbonyl (C=O) groups excluding carboxylic acids is 2. The van der Waals surface area contributed by atoms with E-state index in [-0.39, 0.29) is 34.0 Å². The number of amides is 2. The van der Waals surface area contributed by atoms with Gasteiger partial charge in [-0.15, -0.1) is 0 Å². The Morgan fingerprint density at radius 1 is 1.00 bits per heavy atom. The summed E-state index contributed by atoms with van der Waals surface area (Å²) in [6.07, 6.45) is 2.71. The van der Waals surface area contributed by atoms with Crippen LogP contribution in [0.1, 0.15) is 44.9 Å². The summed E-state index contributed by atoms with van der Waals surface area (Å²) < 4.78 is 46.3. The minimum atomic E-state index is -3.89. The zero-order chi connectivity index (χ0) is 25.2. The van der Waals surface area contributed by atoms with Gasteiger partial charge in [0.15, 0.2) is 5.76 Å². The fraction of sp³-hybridized carbons (Fsp3) is 0.280. The van der Waals surface area contributed by atoms with Gasteiger partial charge in [-0.2, -0.15) is 0 Å². The quantitative estimate of drug-likeness (QED) is 0.535. The van der Waals surface area contributed by atoms with Gasteiger partial charge in [-0.05, 0) is 80.8 Å². The molecule has 1 aliphatic heterocycles. The van der Waals surface area contributed by atoms with Crippen LogP contribution in [-0.2, 0) is 10.0 Å². The molecule has 2 amide bonds. The minimum Gasteiger partial charge on any atom is -0.459 e. The van der Waals surface area contributed by atoms with Crippen LogP contribution in [-0.4, -0.2) is 44.3 Å². The van der Waals surface area contributed by atoms with E-state index in [1.54, 1.807) is 30.0 Å². The molecule has 4 rings (SSSR count). The summed E-state index contributed by atoms with van der Waals surface area (Å²) in [6, 6.07) is 11.4. The Bertz CT molecular complexity index is 1340. The van der Waals surface area contributed by atoms with Gasteiger partial charge in [-0.3, -0.25) is 14.3 Å². The van der Waals surface area contributed by atoms with Gasteiger partial charge in [0.2, 0.25) is 0 Å². The predicted molar refractivity (Wildman–Crippen MR) is 128 cm³/mol. The summed E-state index contributed by atoms with van der Waals surface area (Å²) in [5.41, 5.74) is 1.72. The van der Waals surface area contributed by atoms with E-state index in [0.717, 1.165) is 11.6 Å². The molecule has 10 heteroatoms. The van der Waals surface area contributed by atoms with E-state index in [1.165, 1.54) is 37.5 Å². The minimum absolute atomic E-state index is 0.0475. The number of likely N-dealkylation sites (tertiary alicyclic amines) is 1. The van der Waals surface area contributed by atoms with Crippen molar-refractivity contribution in [1.82, 2.24) is 10.2 Å². The Balaban J connectivity index is 1.33. The third-order valence-corrected chi connectivity index (χ3v) is 7.39. The summed E-state index contributed by atoms with van der Waals surface area (Å²) in [7, 11) is -3.89. The second-order valence-corrected chi connectivity index (χ2v) is 10.2. The number of hydrogen-bond acceptors (Lipinski definition) is 5. The van der Waals surface area contributed by atoms with Gasteiger partial charge in [0.1, 0.15) is 5.82 Å². The molecule has 184 valence electrons. The van der Waals surface area contributed by atoms with Gasteiger partial charge in [0.05, 0.1) is 11.2 Å². The molecule has 0 unspecified atom stereocenters. The first-order valence-corrected chi connectivity index (χ1v) is 12.7. The second-order valence-electron chi connectivity index (χ2n) is 8.57. The molecule has 1 fully saturated rings. The molecule has 2 heterocycles. The molecule has 3 aromatic rings. The summed E-state index contributed by atoms with van der Waals surface area (Å²) in [6.45, 7) is 4.27. The van der Waals surface area contributed by atoms with E-state index in [9.17, 15) is 22.4 Å². The van der Waals surface area contributed by atoms with Crippen molar-refractivity contribution in [2.45, 2.75) is 37.6 Å². The number of furan rings is 1. The molecule has 1 aliphatic rings. The first kappa shape index (κ1) is 24.5. The lowest BCUT2D eigenvalue weighted by molar-refractivity contribution is 0.0695. The third kappa shape index (κ3) is 5.54. The van der Waals surface area contributed by atoms with Crippen molar-refractivity contribution in [1.29, 1.82) is 0 Å². The van der Waals surface area contributed by atoms with Gasteiger partial charge in [0, 0.05) is 35.9 Å². The lowest BCUT2D eigenvalue weighted by Crippen LogP contribution is -2.46. The Morgan fingerprint density at radius 2 is 1.69 bits per heavy atom. The number of benzene rings is 2. The van der Waals surface area contributed by atoms with Crippen molar-refractivity contribution in [3.8, 4) is 0 Å². The SMILES string of the molecule is Cc1cc(S(=O)(=O)Nc2ccc(C(=O)N3CCC(NC(=O)c4occc4C)CC3)cc2)ccc1F. The molecule has 0 bridgehead atoms. The molecular weight excluding hydrogens is 473 g/mol. The molecule has 0 aliphatic carbocycles. The van der Waals surface area contributed by atoms with E-state index in [4.69, 9.17) is 4.42 Å². The van der Waals surface area contributed by atoms with Crippen LogP contribution in [0.15, 0.2) is 64.1 Å². The molecule has 1 saturated heterocycles. The van der Waals surface area contributed by atoms with Crippen molar-refractivity contribution >= 4 is 27.5 Å². The smallest absolute Gasteiger partial charge is 0.287 e. The maximum absolute atomic E-state index is 13.5. The highest BCUT2D eigenvalue weighted by Crippen LogP contribution is 2.21. The molecule has 0 atom stereocenters. The number of rotatable bonds is 6. The van der Waals surface area contributed by atoms with Crippen LogP contribution in [0.25, 0.3) is 0 Å². The zero-order valence-electron chi connectivity index (χ0n) is 19.4. The Morgan fingerprint density at radius 3 is 2.29 bits per heavy atom. The number of piperidine rings is 1. The van der Waals surface area contributed by atoms with E-state index >= 15 is 0 Å². The van der Waals surface area contributed by atoms with Crippen LogP contribution in [0.4, 0.5) is 10.1 Å². The standard InChI is InChI=1S/C25H26FN3O5S/c1-16-11-14-34-23(16)24(30)27-19-9-12-29(13-10-19)25(31)18-3-5-20(6-4-18)28-35(32,33)21-7-8-22(26)17(2)15-21/h3-8,11,14-15,19,28H,9-10,12-13H2,1-2H3,(H,27,30). The van der Waals surface area contributed by atoms with Crippen molar-refractivity contribution in [3.63, 3.8) is 0 Å². The molecule has 0 saturated carbocycles. The van der Waals surface area contributed by atoms with Crippen LogP contribution in [0.3, 0.4) is 0 Å². The molecule has 0 radical (unpaired) electrons. The highest BCUT2D eigenvalue weighted by Gasteiger charge is 2.26. The number of hydrogen-bond donors (Lipinski definition) is 2. The molecule has 2 N–H and O–H groups in total. The van der Waals surface area contributed by atoms with E-state index in [0.29, 0.717) is 37.3 Å². The number of anilines is 1. The lowest BCUT2D eigenvalue weighted by Gasteiger charge is -2.32. The summed E-state index contributed by atoms with van der Waals surface area (Å²) in [5.74, 6) is -0.606. The maximum Gasteiger partial charge on any atom is 0.287 e. The Labute approximate surface area is 203 Å². The Kier molecular flexibility index (Phi) is 6.93. The largest absolute Gasteiger partial charge is 0.459 e. The highest BCUT2D eigenvalue weighted by molar-refractivity contribution is 7.92. The topological polar surface area (TPSA) is 109 Å². The van der Waals surface area contributed by atoms with Crippen LogP contribution >= 0.6 is 0 Å². The van der Waals surface area contributed by atoms with Crippen LogP contribution in [0, 0.1) is 19.7 Å². The van der Waals surface area contributed by atoms with E-state index in [1.807, 2.05) is 0 Å². The number of halogens is 1. The molecule has 2 aromatic carbocycles. The fourth-order valence-corrected chi connectivity index (χ4v) is 5.09. The van der Waals surface area contributed by atoms with E-state index in [2.05, 4.69) is 10.0 Å². The Hall–Kier alpha value is -3.66. The normalized spacial score (nSPS) is 14.5. The first-order chi connectivity index (χ1) is 16.6. The number of carbonyl (C=O) groups is 2. The van der Waals surface area contributed by atoms with Crippen LogP contribution in [0.5, 0.6) is 0 Å². The zero-order valence-corrected chi connectivity index (χ0v) is 20.2. The van der Waals surface area contributed by atoms with Crippen molar-refractivity contribution < 1.29 is 26.8 Å². The van der Waals surface area contributed by atoms with Gasteiger partial charge in [-0.1, -0.05) is 0 Å². The second kappa shape index (κ2) is 9.91. The fourth-order valence-electron chi connectivity index (χ4n) is 3.95. The van der Waals surface area contributed by atoms with Gasteiger partial charge in [0.25, 0.3) is 21.8 Å². The van der Waals surface area contributed by atoms with Crippen LogP contribution < -0.4 is 10.0 Å². The number of sulfonamides is 1. The van der Waals surface area contributed by atoms with Crippen molar-refractivity contribution in [2.24, 2.45) is 0 Å². The van der Waals surface area contributed by atoms with Gasteiger partial charge < -0.3 is 14.6 Å². The molecule has 1 aromatic heterocycles. The van der Waals surface area contributed by atoms with Gasteiger partial charge >= 0.3 is 0 Å².